The normalized spacial score (nSPS) is 11.9. The zero-order valence-corrected chi connectivity index (χ0v) is 12.6. The van der Waals surface area contributed by atoms with Gasteiger partial charge in [0, 0.05) is 0 Å². The van der Waals surface area contributed by atoms with E-state index in [1.807, 2.05) is 0 Å². The van der Waals surface area contributed by atoms with Gasteiger partial charge in [-0.2, -0.15) is 0 Å². The highest BCUT2D eigenvalue weighted by atomic mass is 14.2. The lowest BCUT2D eigenvalue weighted by molar-refractivity contribution is 0.452. The van der Waals surface area contributed by atoms with Gasteiger partial charge in [0.1, 0.15) is 0 Å². The van der Waals surface area contributed by atoms with Gasteiger partial charge < -0.3 is 0 Å². The molecule has 0 saturated carbocycles. The SMILES string of the molecule is [B]C(C)(CCCCCCC)CCCCCCC. The van der Waals surface area contributed by atoms with E-state index in [4.69, 9.17) is 7.85 Å². The molecule has 0 aromatic rings. The lowest BCUT2D eigenvalue weighted by Crippen LogP contribution is -2.08. The fourth-order valence-electron chi connectivity index (χ4n) is 2.39. The average molecular weight is 236 g/mol. The molecule has 17 heavy (non-hydrogen) atoms. The maximum atomic E-state index is 6.35. The van der Waals surface area contributed by atoms with Crippen molar-refractivity contribution in [2.75, 3.05) is 0 Å². The third kappa shape index (κ3) is 12.3. The summed E-state index contributed by atoms with van der Waals surface area (Å²) >= 11 is 0. The zero-order valence-electron chi connectivity index (χ0n) is 12.6. The Bertz CT molecular complexity index is 136. The predicted molar refractivity (Wildman–Crippen MR) is 80.9 cm³/mol. The molecule has 0 nitrogen and oxygen atoms in total. The first kappa shape index (κ1) is 17.1. The summed E-state index contributed by atoms with van der Waals surface area (Å²) in [5.74, 6) is 0. The second-order valence-corrected chi connectivity index (χ2v) is 5.98. The first-order chi connectivity index (χ1) is 8.12. The predicted octanol–water partition coefficient (Wildman–Crippen LogP) is 6.05. The van der Waals surface area contributed by atoms with Crippen molar-refractivity contribution < 1.29 is 0 Å². The van der Waals surface area contributed by atoms with Crippen LogP contribution in [0, 0.1) is 0 Å². The summed E-state index contributed by atoms with van der Waals surface area (Å²) in [6.07, 6.45) is 16.0. The first-order valence-electron chi connectivity index (χ1n) is 7.91. The van der Waals surface area contributed by atoms with Crippen molar-refractivity contribution in [1.29, 1.82) is 0 Å². The van der Waals surface area contributed by atoms with Crippen molar-refractivity contribution in [3.8, 4) is 0 Å². The molecular formula is C16H33B. The van der Waals surface area contributed by atoms with Crippen LogP contribution in [0.3, 0.4) is 0 Å². The van der Waals surface area contributed by atoms with E-state index in [-0.39, 0.29) is 5.31 Å². The Hall–Kier alpha value is 0.0649. The Kier molecular flexibility index (Phi) is 11.2. The van der Waals surface area contributed by atoms with Gasteiger partial charge in [0.05, 0.1) is 7.85 Å². The summed E-state index contributed by atoms with van der Waals surface area (Å²) in [6.45, 7) is 6.78. The summed E-state index contributed by atoms with van der Waals surface area (Å²) in [5, 5.41) is 0.0957. The van der Waals surface area contributed by atoms with E-state index >= 15 is 0 Å². The first-order valence-corrected chi connectivity index (χ1v) is 7.91. The molecule has 0 aliphatic rings. The molecule has 0 bridgehead atoms. The Morgan fingerprint density at radius 3 is 1.35 bits per heavy atom. The average Bonchev–Trinajstić information content (AvgIpc) is 2.28. The Labute approximate surface area is 111 Å². The molecule has 0 aromatic heterocycles. The molecule has 0 amide bonds. The van der Waals surface area contributed by atoms with E-state index in [1.54, 1.807) is 0 Å². The van der Waals surface area contributed by atoms with Crippen molar-refractivity contribution in [1.82, 2.24) is 0 Å². The molecule has 0 aromatic carbocycles. The number of hydrogen-bond acceptors (Lipinski definition) is 0. The molecule has 0 N–H and O–H groups in total. The van der Waals surface area contributed by atoms with Gasteiger partial charge >= 0.3 is 0 Å². The standard InChI is InChI=1S/C16H33B/c1-4-6-8-10-12-14-16(3,17)15-13-11-9-7-5-2/h4-15H2,1-3H3. The van der Waals surface area contributed by atoms with E-state index in [2.05, 4.69) is 20.8 Å². The maximum Gasteiger partial charge on any atom is 0.0742 e. The van der Waals surface area contributed by atoms with Gasteiger partial charge in [0.2, 0.25) is 0 Å². The summed E-state index contributed by atoms with van der Waals surface area (Å²) in [4.78, 5) is 0. The van der Waals surface area contributed by atoms with Gasteiger partial charge in [-0.3, -0.25) is 0 Å². The summed E-state index contributed by atoms with van der Waals surface area (Å²) in [6, 6.07) is 0. The van der Waals surface area contributed by atoms with Crippen LogP contribution in [0.2, 0.25) is 5.31 Å². The summed E-state index contributed by atoms with van der Waals surface area (Å²) in [7, 11) is 6.35. The van der Waals surface area contributed by atoms with E-state index in [9.17, 15) is 0 Å². The molecule has 0 heterocycles. The smallest absolute Gasteiger partial charge is 0.0688 e. The molecule has 0 fully saturated rings. The summed E-state index contributed by atoms with van der Waals surface area (Å²) in [5.41, 5.74) is 0. The van der Waals surface area contributed by atoms with Crippen molar-refractivity contribution in [2.24, 2.45) is 0 Å². The fraction of sp³-hybridized carbons (Fsp3) is 1.00. The van der Waals surface area contributed by atoms with Crippen LogP contribution >= 0.6 is 0 Å². The quantitative estimate of drug-likeness (QED) is 0.285. The van der Waals surface area contributed by atoms with Crippen LogP contribution in [0.5, 0.6) is 0 Å². The molecule has 100 valence electrons. The fourth-order valence-corrected chi connectivity index (χ4v) is 2.39. The monoisotopic (exact) mass is 236 g/mol. The molecule has 0 unspecified atom stereocenters. The maximum absolute atomic E-state index is 6.35. The number of unbranched alkanes of at least 4 members (excludes halogenated alkanes) is 8. The lowest BCUT2D eigenvalue weighted by atomic mass is 9.64. The highest BCUT2D eigenvalue weighted by Gasteiger charge is 2.15. The molecule has 0 aliphatic heterocycles. The van der Waals surface area contributed by atoms with Crippen LogP contribution in [0.1, 0.15) is 97.8 Å². The van der Waals surface area contributed by atoms with Gasteiger partial charge in [-0.15, -0.1) is 0 Å². The molecular weight excluding hydrogens is 203 g/mol. The van der Waals surface area contributed by atoms with Crippen molar-refractivity contribution in [3.63, 3.8) is 0 Å². The molecule has 1 heteroatoms. The van der Waals surface area contributed by atoms with E-state index < -0.39 is 0 Å². The zero-order chi connectivity index (χ0) is 13.0. The largest absolute Gasteiger partial charge is 0.0742 e. The number of hydrogen-bond donors (Lipinski definition) is 0. The van der Waals surface area contributed by atoms with Gasteiger partial charge in [-0.1, -0.05) is 103 Å². The molecule has 0 atom stereocenters. The molecule has 0 spiro atoms. The van der Waals surface area contributed by atoms with Crippen LogP contribution in [0.25, 0.3) is 0 Å². The van der Waals surface area contributed by atoms with Crippen LogP contribution in [0.4, 0.5) is 0 Å². The van der Waals surface area contributed by atoms with Gasteiger partial charge in [-0.25, -0.2) is 0 Å². The van der Waals surface area contributed by atoms with Gasteiger partial charge in [-0.05, 0) is 0 Å². The van der Waals surface area contributed by atoms with Crippen LogP contribution < -0.4 is 0 Å². The Balaban J connectivity index is 3.38. The van der Waals surface area contributed by atoms with Gasteiger partial charge in [0.15, 0.2) is 0 Å². The van der Waals surface area contributed by atoms with Crippen molar-refractivity contribution in [3.05, 3.63) is 0 Å². The van der Waals surface area contributed by atoms with Crippen LogP contribution in [0.15, 0.2) is 0 Å². The second kappa shape index (κ2) is 11.2. The topological polar surface area (TPSA) is 0 Å². The van der Waals surface area contributed by atoms with Crippen molar-refractivity contribution in [2.45, 2.75) is 103 Å². The molecule has 2 radical (unpaired) electrons. The minimum atomic E-state index is 0.0957. The highest BCUT2D eigenvalue weighted by molar-refractivity contribution is 6.14. The molecule has 0 aliphatic carbocycles. The van der Waals surface area contributed by atoms with E-state index in [0.29, 0.717) is 0 Å². The Morgan fingerprint density at radius 1 is 0.647 bits per heavy atom. The molecule has 0 rings (SSSR count). The van der Waals surface area contributed by atoms with E-state index in [1.165, 1.54) is 77.0 Å². The second-order valence-electron chi connectivity index (χ2n) is 5.98. The molecule has 0 saturated heterocycles. The number of rotatable bonds is 12. The highest BCUT2D eigenvalue weighted by Crippen LogP contribution is 2.34. The third-order valence-corrected chi connectivity index (χ3v) is 3.70. The van der Waals surface area contributed by atoms with Crippen LogP contribution in [-0.4, -0.2) is 7.85 Å². The third-order valence-electron chi connectivity index (χ3n) is 3.70. The van der Waals surface area contributed by atoms with Crippen LogP contribution in [-0.2, 0) is 0 Å². The lowest BCUT2D eigenvalue weighted by Gasteiger charge is -2.25. The Morgan fingerprint density at radius 2 is 1.00 bits per heavy atom. The minimum Gasteiger partial charge on any atom is -0.0688 e. The van der Waals surface area contributed by atoms with Gasteiger partial charge in [0.25, 0.3) is 0 Å². The summed E-state index contributed by atoms with van der Waals surface area (Å²) < 4.78 is 0. The van der Waals surface area contributed by atoms with Crippen molar-refractivity contribution >= 4 is 7.85 Å². The van der Waals surface area contributed by atoms with E-state index in [0.717, 1.165) is 0 Å². The minimum absolute atomic E-state index is 0.0957.